The highest BCUT2D eigenvalue weighted by Crippen LogP contribution is 2.32. The Morgan fingerprint density at radius 3 is 2.53 bits per heavy atom. The molecule has 1 fully saturated rings. The van der Waals surface area contributed by atoms with Crippen LogP contribution in [-0.4, -0.2) is 26.2 Å². The summed E-state index contributed by atoms with van der Waals surface area (Å²) in [6.45, 7) is 0.125. The molecule has 5 heteroatoms. The minimum absolute atomic E-state index is 0.0365. The zero-order valence-corrected chi connectivity index (χ0v) is 10.4. The van der Waals surface area contributed by atoms with Crippen LogP contribution in [0.3, 0.4) is 0 Å². The summed E-state index contributed by atoms with van der Waals surface area (Å²) in [6, 6.07) is 9.02. The Hall–Kier alpha value is -0.910. The average molecular weight is 255 g/mol. The van der Waals surface area contributed by atoms with Crippen LogP contribution in [0.25, 0.3) is 0 Å². The summed E-state index contributed by atoms with van der Waals surface area (Å²) in [4.78, 5) is 0. The van der Waals surface area contributed by atoms with Gasteiger partial charge in [-0.3, -0.25) is 0 Å². The van der Waals surface area contributed by atoms with E-state index in [1.165, 1.54) is 0 Å². The van der Waals surface area contributed by atoms with Gasteiger partial charge in [-0.15, -0.1) is 0 Å². The molecule has 1 aliphatic carbocycles. The van der Waals surface area contributed by atoms with Crippen LogP contribution in [0.1, 0.15) is 18.4 Å². The van der Waals surface area contributed by atoms with Crippen molar-refractivity contribution in [3.8, 4) is 0 Å². The van der Waals surface area contributed by atoms with E-state index in [2.05, 4.69) is 4.72 Å². The van der Waals surface area contributed by atoms with E-state index in [0.717, 1.165) is 18.4 Å². The van der Waals surface area contributed by atoms with Crippen molar-refractivity contribution in [3.05, 3.63) is 35.9 Å². The molecule has 17 heavy (non-hydrogen) atoms. The van der Waals surface area contributed by atoms with Gasteiger partial charge in [0.05, 0.1) is 11.9 Å². The Morgan fingerprint density at radius 1 is 1.29 bits per heavy atom. The van der Waals surface area contributed by atoms with Crippen molar-refractivity contribution >= 4 is 10.0 Å². The van der Waals surface area contributed by atoms with Gasteiger partial charge in [-0.2, -0.15) is 0 Å². The summed E-state index contributed by atoms with van der Waals surface area (Å²) in [5.41, 5.74) is 0.751. The van der Waals surface area contributed by atoms with Gasteiger partial charge in [-0.05, 0) is 24.3 Å². The molecule has 1 aromatic rings. The summed E-state index contributed by atoms with van der Waals surface area (Å²) in [5, 5.41) is 9.59. The number of hydrogen-bond acceptors (Lipinski definition) is 3. The first-order valence-corrected chi connectivity index (χ1v) is 7.41. The molecule has 0 radical (unpaired) electrons. The third-order valence-electron chi connectivity index (χ3n) is 2.88. The molecule has 1 aromatic carbocycles. The van der Waals surface area contributed by atoms with Crippen molar-refractivity contribution in [3.63, 3.8) is 0 Å². The fourth-order valence-corrected chi connectivity index (χ4v) is 2.86. The molecule has 1 atom stereocenters. The topological polar surface area (TPSA) is 66.4 Å². The van der Waals surface area contributed by atoms with E-state index >= 15 is 0 Å². The molecule has 2 rings (SSSR count). The molecule has 2 N–H and O–H groups in total. The minimum Gasteiger partial charge on any atom is -0.391 e. The van der Waals surface area contributed by atoms with Gasteiger partial charge in [0.25, 0.3) is 0 Å². The number of nitrogens with one attached hydrogen (secondary N) is 1. The van der Waals surface area contributed by atoms with Crippen molar-refractivity contribution in [2.24, 2.45) is 5.92 Å². The van der Waals surface area contributed by atoms with Crippen molar-refractivity contribution in [1.29, 1.82) is 0 Å². The van der Waals surface area contributed by atoms with E-state index in [4.69, 9.17) is 0 Å². The third-order valence-corrected chi connectivity index (χ3v) is 4.20. The van der Waals surface area contributed by atoms with Crippen LogP contribution < -0.4 is 4.72 Å². The Morgan fingerprint density at radius 2 is 1.94 bits per heavy atom. The highest BCUT2D eigenvalue weighted by Gasteiger charge is 2.30. The van der Waals surface area contributed by atoms with Crippen molar-refractivity contribution < 1.29 is 13.5 Å². The lowest BCUT2D eigenvalue weighted by atomic mass is 10.2. The average Bonchev–Trinajstić information content (AvgIpc) is 3.10. The van der Waals surface area contributed by atoms with Gasteiger partial charge in [-0.25, -0.2) is 13.1 Å². The fourth-order valence-electron chi connectivity index (χ4n) is 1.70. The van der Waals surface area contributed by atoms with E-state index in [1.54, 1.807) is 12.1 Å². The number of hydrogen-bond donors (Lipinski definition) is 2. The van der Waals surface area contributed by atoms with Crippen molar-refractivity contribution in [2.75, 3.05) is 6.54 Å². The van der Waals surface area contributed by atoms with Crippen LogP contribution in [-0.2, 0) is 15.8 Å². The predicted molar refractivity (Wildman–Crippen MR) is 65.8 cm³/mol. The van der Waals surface area contributed by atoms with Gasteiger partial charge >= 0.3 is 0 Å². The Balaban J connectivity index is 1.86. The van der Waals surface area contributed by atoms with Crippen LogP contribution in [0, 0.1) is 5.92 Å². The number of aliphatic hydroxyl groups is 1. The second-order valence-corrected chi connectivity index (χ2v) is 6.30. The molecule has 94 valence electrons. The van der Waals surface area contributed by atoms with Crippen molar-refractivity contribution in [1.82, 2.24) is 4.72 Å². The summed E-state index contributed by atoms with van der Waals surface area (Å²) in [7, 11) is -3.35. The lowest BCUT2D eigenvalue weighted by Gasteiger charge is -2.11. The lowest BCUT2D eigenvalue weighted by Crippen LogP contribution is -2.33. The second kappa shape index (κ2) is 5.16. The normalized spacial score (nSPS) is 17.9. The van der Waals surface area contributed by atoms with Gasteiger partial charge in [0.2, 0.25) is 10.0 Å². The molecule has 0 heterocycles. The van der Waals surface area contributed by atoms with Crippen LogP contribution in [0.15, 0.2) is 30.3 Å². The third kappa shape index (κ3) is 4.11. The highest BCUT2D eigenvalue weighted by molar-refractivity contribution is 7.88. The zero-order chi connectivity index (χ0) is 12.3. The molecule has 0 bridgehead atoms. The van der Waals surface area contributed by atoms with Gasteiger partial charge in [0.15, 0.2) is 0 Å². The maximum Gasteiger partial charge on any atom is 0.215 e. The molecular weight excluding hydrogens is 238 g/mol. The molecule has 0 amide bonds. The number of rotatable bonds is 6. The Kier molecular flexibility index (Phi) is 3.81. The predicted octanol–water partition coefficient (Wildman–Crippen LogP) is 0.877. The maximum absolute atomic E-state index is 11.7. The maximum atomic E-state index is 11.7. The quantitative estimate of drug-likeness (QED) is 0.793. The van der Waals surface area contributed by atoms with Gasteiger partial charge in [-0.1, -0.05) is 30.3 Å². The Bertz CT molecular complexity index is 454. The van der Waals surface area contributed by atoms with Gasteiger partial charge in [0, 0.05) is 6.54 Å². The second-order valence-electron chi connectivity index (χ2n) is 4.50. The number of benzene rings is 1. The summed E-state index contributed by atoms with van der Waals surface area (Å²) < 4.78 is 25.9. The van der Waals surface area contributed by atoms with E-state index in [0.29, 0.717) is 0 Å². The fraction of sp³-hybridized carbons (Fsp3) is 0.500. The Labute approximate surface area is 102 Å². The monoisotopic (exact) mass is 255 g/mol. The van der Waals surface area contributed by atoms with Crippen LogP contribution in [0.4, 0.5) is 0 Å². The van der Waals surface area contributed by atoms with Crippen LogP contribution in [0.5, 0.6) is 0 Å². The van der Waals surface area contributed by atoms with E-state index in [9.17, 15) is 13.5 Å². The van der Waals surface area contributed by atoms with E-state index in [-0.39, 0.29) is 18.2 Å². The highest BCUT2D eigenvalue weighted by atomic mass is 32.2. The molecule has 1 saturated carbocycles. The minimum atomic E-state index is -3.35. The first-order chi connectivity index (χ1) is 8.07. The molecule has 1 unspecified atom stereocenters. The molecule has 0 aromatic heterocycles. The zero-order valence-electron chi connectivity index (χ0n) is 9.54. The number of sulfonamides is 1. The first-order valence-electron chi connectivity index (χ1n) is 5.76. The summed E-state index contributed by atoms with van der Waals surface area (Å²) >= 11 is 0. The largest absolute Gasteiger partial charge is 0.391 e. The standard InChI is InChI=1S/C12H17NO3S/c14-12(11-6-7-11)8-13-17(15,16)9-10-4-2-1-3-5-10/h1-5,11-14H,6-9H2. The lowest BCUT2D eigenvalue weighted by molar-refractivity contribution is 0.155. The van der Waals surface area contributed by atoms with Gasteiger partial charge < -0.3 is 5.11 Å². The first kappa shape index (κ1) is 12.5. The molecule has 0 spiro atoms. The molecular formula is C12H17NO3S. The summed E-state index contributed by atoms with van der Waals surface area (Å²) in [6.07, 6.45) is 1.46. The van der Waals surface area contributed by atoms with Crippen LogP contribution in [0.2, 0.25) is 0 Å². The van der Waals surface area contributed by atoms with E-state index in [1.807, 2.05) is 18.2 Å². The van der Waals surface area contributed by atoms with Gasteiger partial charge in [0.1, 0.15) is 0 Å². The molecule has 0 saturated heterocycles. The van der Waals surface area contributed by atoms with Crippen LogP contribution >= 0.6 is 0 Å². The number of aliphatic hydroxyl groups excluding tert-OH is 1. The molecule has 4 nitrogen and oxygen atoms in total. The van der Waals surface area contributed by atoms with E-state index < -0.39 is 16.1 Å². The molecule has 0 aliphatic heterocycles. The molecule has 1 aliphatic rings. The van der Waals surface area contributed by atoms with Crippen molar-refractivity contribution in [2.45, 2.75) is 24.7 Å². The summed E-state index contributed by atoms with van der Waals surface area (Å²) in [5.74, 6) is 0.250. The smallest absolute Gasteiger partial charge is 0.215 e. The SMILES string of the molecule is O=S(=O)(Cc1ccccc1)NCC(O)C1CC1.